The van der Waals surface area contributed by atoms with Gasteiger partial charge in [-0.05, 0) is 73.6 Å². The van der Waals surface area contributed by atoms with E-state index >= 15 is 0 Å². The number of nitrogens with two attached hydrogens (primary N) is 1. The minimum Gasteiger partial charge on any atom is -0.491 e. The molecule has 0 spiro atoms. The van der Waals surface area contributed by atoms with Gasteiger partial charge in [0.2, 0.25) is 0 Å². The van der Waals surface area contributed by atoms with E-state index in [4.69, 9.17) is 10.5 Å². The van der Waals surface area contributed by atoms with Crippen molar-refractivity contribution in [1.29, 1.82) is 0 Å². The van der Waals surface area contributed by atoms with Crippen molar-refractivity contribution in [3.8, 4) is 16.9 Å². The number of amides is 1. The number of nitrogens with zero attached hydrogens (tertiary/aromatic N) is 1. The van der Waals surface area contributed by atoms with Crippen LogP contribution in [-0.2, 0) is 4.74 Å². The monoisotopic (exact) mass is 385 g/mol. The standard InChI is InChI=1S/C22H31N3O3/c1-14(2)12-22(5,23)13-28-19-8-7-18(15(3)16(19)4)17-9-10-24-20(11-17)25-21(26)27-6/h7-11,14H,12-13,23H2,1-6H3,(H,24,25,26). The molecule has 0 bridgehead atoms. The van der Waals surface area contributed by atoms with Gasteiger partial charge < -0.3 is 15.2 Å². The Hall–Kier alpha value is -2.60. The van der Waals surface area contributed by atoms with E-state index in [0.717, 1.165) is 34.4 Å². The number of carbonyl (C=O) groups excluding carboxylic acids is 1. The van der Waals surface area contributed by atoms with Crippen molar-refractivity contribution in [1.82, 2.24) is 4.98 Å². The van der Waals surface area contributed by atoms with Crippen molar-refractivity contribution >= 4 is 11.9 Å². The first-order valence-corrected chi connectivity index (χ1v) is 9.46. The number of pyridine rings is 1. The van der Waals surface area contributed by atoms with Crippen LogP contribution in [0.5, 0.6) is 5.75 Å². The first-order valence-electron chi connectivity index (χ1n) is 9.46. The summed E-state index contributed by atoms with van der Waals surface area (Å²) in [4.78, 5) is 15.6. The summed E-state index contributed by atoms with van der Waals surface area (Å²) < 4.78 is 10.7. The molecule has 2 rings (SSSR count). The number of methoxy groups -OCH3 is 1. The zero-order valence-electron chi connectivity index (χ0n) is 17.6. The van der Waals surface area contributed by atoms with E-state index in [1.165, 1.54) is 7.11 Å². The Morgan fingerprint density at radius 1 is 1.25 bits per heavy atom. The number of nitrogens with one attached hydrogen (secondary N) is 1. The highest BCUT2D eigenvalue weighted by Gasteiger charge is 2.22. The number of hydrogen-bond donors (Lipinski definition) is 2. The molecule has 1 aromatic heterocycles. The van der Waals surface area contributed by atoms with Gasteiger partial charge in [-0.2, -0.15) is 0 Å². The highest BCUT2D eigenvalue weighted by Crippen LogP contribution is 2.32. The van der Waals surface area contributed by atoms with Crippen molar-refractivity contribution < 1.29 is 14.3 Å². The smallest absolute Gasteiger partial charge is 0.412 e. The molecule has 152 valence electrons. The van der Waals surface area contributed by atoms with E-state index in [2.05, 4.69) is 35.8 Å². The first kappa shape index (κ1) is 21.7. The van der Waals surface area contributed by atoms with Crippen LogP contribution in [0.25, 0.3) is 11.1 Å². The predicted molar refractivity (Wildman–Crippen MR) is 113 cm³/mol. The van der Waals surface area contributed by atoms with Crippen LogP contribution in [-0.4, -0.2) is 30.3 Å². The Kier molecular flexibility index (Phi) is 7.02. The topological polar surface area (TPSA) is 86.5 Å². The largest absolute Gasteiger partial charge is 0.491 e. The zero-order valence-corrected chi connectivity index (χ0v) is 17.6. The third kappa shape index (κ3) is 5.70. The molecule has 1 amide bonds. The lowest BCUT2D eigenvalue weighted by molar-refractivity contribution is 0.187. The number of benzene rings is 1. The molecule has 6 heteroatoms. The molecule has 28 heavy (non-hydrogen) atoms. The summed E-state index contributed by atoms with van der Waals surface area (Å²) in [5.41, 5.74) is 10.2. The molecule has 0 aliphatic rings. The number of hydrogen-bond acceptors (Lipinski definition) is 5. The van der Waals surface area contributed by atoms with Gasteiger partial charge in [0.15, 0.2) is 0 Å². The molecule has 0 saturated heterocycles. The predicted octanol–water partition coefficient (Wildman–Crippen LogP) is 4.69. The summed E-state index contributed by atoms with van der Waals surface area (Å²) in [6.07, 6.45) is 2.01. The van der Waals surface area contributed by atoms with E-state index in [9.17, 15) is 4.79 Å². The molecule has 0 radical (unpaired) electrons. The van der Waals surface area contributed by atoms with Crippen LogP contribution >= 0.6 is 0 Å². The van der Waals surface area contributed by atoms with Crippen molar-refractivity contribution in [3.63, 3.8) is 0 Å². The summed E-state index contributed by atoms with van der Waals surface area (Å²) in [5, 5.41) is 2.59. The minimum atomic E-state index is -0.549. The Morgan fingerprint density at radius 3 is 2.61 bits per heavy atom. The van der Waals surface area contributed by atoms with E-state index in [-0.39, 0.29) is 5.54 Å². The second kappa shape index (κ2) is 9.06. The molecule has 2 aromatic rings. The average molecular weight is 386 g/mol. The van der Waals surface area contributed by atoms with Gasteiger partial charge in [-0.15, -0.1) is 0 Å². The molecule has 1 heterocycles. The van der Waals surface area contributed by atoms with Crippen molar-refractivity contribution in [2.75, 3.05) is 19.0 Å². The minimum absolute atomic E-state index is 0.368. The van der Waals surface area contributed by atoms with E-state index < -0.39 is 6.09 Å². The summed E-state index contributed by atoms with van der Waals surface area (Å²) in [5.74, 6) is 1.79. The number of aromatic nitrogens is 1. The van der Waals surface area contributed by atoms with Crippen LogP contribution in [0.3, 0.4) is 0 Å². The van der Waals surface area contributed by atoms with Gasteiger partial charge in [-0.3, -0.25) is 5.32 Å². The van der Waals surface area contributed by atoms with Crippen LogP contribution in [0.15, 0.2) is 30.5 Å². The number of ether oxygens (including phenoxy) is 2. The maximum Gasteiger partial charge on any atom is 0.412 e. The molecule has 3 N–H and O–H groups in total. The summed E-state index contributed by atoms with van der Waals surface area (Å²) in [6, 6.07) is 7.71. The van der Waals surface area contributed by atoms with Gasteiger partial charge in [-0.25, -0.2) is 9.78 Å². The number of carbonyl (C=O) groups is 1. The first-order chi connectivity index (χ1) is 13.1. The Morgan fingerprint density at radius 2 is 1.96 bits per heavy atom. The Bertz CT molecular complexity index is 832. The maximum atomic E-state index is 11.4. The quantitative estimate of drug-likeness (QED) is 0.722. The van der Waals surface area contributed by atoms with Crippen LogP contribution in [0.4, 0.5) is 10.6 Å². The van der Waals surface area contributed by atoms with E-state index in [0.29, 0.717) is 18.3 Å². The lowest BCUT2D eigenvalue weighted by Crippen LogP contribution is -2.43. The molecule has 0 fully saturated rings. The summed E-state index contributed by atoms with van der Waals surface area (Å²) in [6.45, 7) is 10.9. The fourth-order valence-electron chi connectivity index (χ4n) is 3.32. The lowest BCUT2D eigenvalue weighted by Gasteiger charge is -2.27. The lowest BCUT2D eigenvalue weighted by atomic mass is 9.92. The van der Waals surface area contributed by atoms with Gasteiger partial charge in [0.05, 0.1) is 7.11 Å². The van der Waals surface area contributed by atoms with Gasteiger partial charge in [0.25, 0.3) is 0 Å². The van der Waals surface area contributed by atoms with Gasteiger partial charge >= 0.3 is 6.09 Å². The summed E-state index contributed by atoms with van der Waals surface area (Å²) in [7, 11) is 1.32. The van der Waals surface area contributed by atoms with Gasteiger partial charge in [0.1, 0.15) is 18.2 Å². The van der Waals surface area contributed by atoms with Crippen LogP contribution < -0.4 is 15.8 Å². The molecule has 1 aromatic carbocycles. The highest BCUT2D eigenvalue weighted by atomic mass is 16.5. The van der Waals surface area contributed by atoms with Crippen molar-refractivity contribution in [3.05, 3.63) is 41.6 Å². The molecule has 0 saturated carbocycles. The fraction of sp³-hybridized carbons (Fsp3) is 0.455. The second-order valence-corrected chi connectivity index (χ2v) is 7.95. The number of rotatable bonds is 7. The molecular formula is C22H31N3O3. The van der Waals surface area contributed by atoms with Gasteiger partial charge in [0, 0.05) is 11.7 Å². The highest BCUT2D eigenvalue weighted by molar-refractivity contribution is 5.84. The molecule has 0 aliphatic carbocycles. The van der Waals surface area contributed by atoms with Crippen LogP contribution in [0.2, 0.25) is 0 Å². The normalized spacial score (nSPS) is 13.1. The molecule has 6 nitrogen and oxygen atoms in total. The van der Waals surface area contributed by atoms with Crippen LogP contribution in [0, 0.1) is 19.8 Å². The Labute approximate surface area is 167 Å². The molecule has 0 aliphatic heterocycles. The fourth-order valence-corrected chi connectivity index (χ4v) is 3.32. The number of anilines is 1. The summed E-state index contributed by atoms with van der Waals surface area (Å²) >= 11 is 0. The maximum absolute atomic E-state index is 11.4. The third-order valence-electron chi connectivity index (χ3n) is 4.66. The second-order valence-electron chi connectivity index (χ2n) is 7.95. The third-order valence-corrected chi connectivity index (χ3v) is 4.66. The Balaban J connectivity index is 2.22. The van der Waals surface area contributed by atoms with Gasteiger partial charge in [-0.1, -0.05) is 19.9 Å². The zero-order chi connectivity index (χ0) is 20.9. The molecular weight excluding hydrogens is 354 g/mol. The van der Waals surface area contributed by atoms with Crippen molar-refractivity contribution in [2.24, 2.45) is 11.7 Å². The average Bonchev–Trinajstić information content (AvgIpc) is 2.62. The SMILES string of the molecule is COC(=O)Nc1cc(-c2ccc(OCC(C)(N)CC(C)C)c(C)c2C)ccn1. The van der Waals surface area contributed by atoms with Crippen LogP contribution in [0.1, 0.15) is 38.3 Å². The molecule has 1 unspecified atom stereocenters. The molecule has 1 atom stereocenters. The van der Waals surface area contributed by atoms with Crippen molar-refractivity contribution in [2.45, 2.75) is 46.6 Å². The van der Waals surface area contributed by atoms with E-state index in [1.807, 2.05) is 38.1 Å². The van der Waals surface area contributed by atoms with E-state index in [1.54, 1.807) is 6.20 Å².